The molecule has 0 bridgehead atoms. The van der Waals surface area contributed by atoms with E-state index in [1.54, 1.807) is 30.0 Å². The van der Waals surface area contributed by atoms with Crippen LogP contribution in [0.4, 0.5) is 9.52 Å². The Morgan fingerprint density at radius 2 is 2.11 bits per heavy atom. The molecule has 0 saturated carbocycles. The van der Waals surface area contributed by atoms with Crippen LogP contribution in [-0.4, -0.2) is 66.6 Å². The predicted molar refractivity (Wildman–Crippen MR) is 106 cm³/mol. The van der Waals surface area contributed by atoms with E-state index in [1.807, 2.05) is 6.07 Å². The number of likely N-dealkylation sites (tertiary alicyclic amines) is 1. The molecule has 28 heavy (non-hydrogen) atoms. The Morgan fingerprint density at radius 1 is 1.29 bits per heavy atom. The third-order valence-corrected chi connectivity index (χ3v) is 7.20. The molecule has 4 heterocycles. The molecule has 0 radical (unpaired) electrons. The highest BCUT2D eigenvalue weighted by Gasteiger charge is 2.51. The van der Waals surface area contributed by atoms with E-state index < -0.39 is 0 Å². The van der Waals surface area contributed by atoms with Crippen molar-refractivity contribution in [2.24, 2.45) is 0 Å². The molecule has 3 fully saturated rings. The molecule has 1 aromatic heterocycles. The fraction of sp³-hybridized carbons (Fsp3) is 0.600. The van der Waals surface area contributed by atoms with Crippen LogP contribution in [-0.2, 0) is 4.74 Å². The van der Waals surface area contributed by atoms with Gasteiger partial charge < -0.3 is 14.4 Å². The van der Waals surface area contributed by atoms with Gasteiger partial charge in [0, 0.05) is 12.1 Å². The summed E-state index contributed by atoms with van der Waals surface area (Å²) in [4.78, 5) is 4.84. The Kier molecular flexibility index (Phi) is 4.72. The molecule has 2 aromatic rings. The van der Waals surface area contributed by atoms with Gasteiger partial charge in [-0.1, -0.05) is 17.4 Å². The van der Waals surface area contributed by atoms with E-state index in [0.29, 0.717) is 17.7 Å². The van der Waals surface area contributed by atoms with Crippen LogP contribution in [0.1, 0.15) is 30.7 Å². The number of methoxy groups -OCH3 is 1. The van der Waals surface area contributed by atoms with Gasteiger partial charge in [0.05, 0.1) is 26.8 Å². The van der Waals surface area contributed by atoms with Crippen molar-refractivity contribution in [2.75, 3.05) is 44.8 Å². The average Bonchev–Trinajstić information content (AvgIpc) is 3.37. The molecule has 0 amide bonds. The highest BCUT2D eigenvalue weighted by atomic mass is 32.1. The lowest BCUT2D eigenvalue weighted by molar-refractivity contribution is -0.0195. The number of aromatic nitrogens is 2. The number of ether oxygens (including phenoxy) is 2. The lowest BCUT2D eigenvalue weighted by Crippen LogP contribution is -2.62. The normalized spacial score (nSPS) is 25.2. The highest BCUT2D eigenvalue weighted by Crippen LogP contribution is 2.41. The first-order chi connectivity index (χ1) is 13.7. The SMILES string of the molecule is COc1cc(F)ccc1C1CCN(C2COC3(C2)CN(c2nncs2)C3)CC1. The molecule has 0 N–H and O–H groups in total. The fourth-order valence-corrected chi connectivity index (χ4v) is 5.52. The number of piperidine rings is 1. The van der Waals surface area contributed by atoms with Crippen LogP contribution in [0.15, 0.2) is 23.7 Å². The minimum Gasteiger partial charge on any atom is -0.496 e. The molecule has 1 atom stereocenters. The Balaban J connectivity index is 1.16. The molecule has 3 aliphatic rings. The minimum atomic E-state index is -0.241. The van der Waals surface area contributed by atoms with Gasteiger partial charge >= 0.3 is 0 Å². The Morgan fingerprint density at radius 3 is 2.82 bits per heavy atom. The maximum Gasteiger partial charge on any atom is 0.208 e. The molecular formula is C20H25FN4O2S. The van der Waals surface area contributed by atoms with E-state index in [4.69, 9.17) is 9.47 Å². The summed E-state index contributed by atoms with van der Waals surface area (Å²) in [7, 11) is 1.62. The van der Waals surface area contributed by atoms with Crippen molar-refractivity contribution in [2.45, 2.75) is 36.8 Å². The fourth-order valence-electron chi connectivity index (χ4n) is 4.96. The zero-order valence-electron chi connectivity index (χ0n) is 16.0. The summed E-state index contributed by atoms with van der Waals surface area (Å²) < 4.78 is 25.1. The van der Waals surface area contributed by atoms with Gasteiger partial charge in [0.1, 0.15) is 22.7 Å². The standard InChI is InChI=1S/C20H25FN4O2S/c1-26-18-8-15(21)2-3-17(18)14-4-6-24(7-5-14)16-9-20(27-10-16)11-25(12-20)19-23-22-13-28-19/h2-3,8,13-14,16H,4-7,9-12H2,1H3. The van der Waals surface area contributed by atoms with Crippen molar-refractivity contribution in [1.82, 2.24) is 15.1 Å². The third-order valence-electron chi connectivity index (χ3n) is 6.45. The minimum absolute atomic E-state index is 0.00658. The number of hydrogen-bond donors (Lipinski definition) is 0. The maximum atomic E-state index is 13.5. The molecule has 1 aromatic carbocycles. The van der Waals surface area contributed by atoms with Crippen molar-refractivity contribution in [3.05, 3.63) is 35.1 Å². The van der Waals surface area contributed by atoms with Gasteiger partial charge in [-0.25, -0.2) is 4.39 Å². The Bertz CT molecular complexity index is 820. The van der Waals surface area contributed by atoms with Gasteiger partial charge in [-0.2, -0.15) is 0 Å². The lowest BCUT2D eigenvalue weighted by atomic mass is 9.86. The van der Waals surface area contributed by atoms with Crippen LogP contribution in [0.3, 0.4) is 0 Å². The molecule has 6 nitrogen and oxygen atoms in total. The predicted octanol–water partition coefficient (Wildman–Crippen LogP) is 2.91. The van der Waals surface area contributed by atoms with E-state index in [9.17, 15) is 4.39 Å². The summed E-state index contributed by atoms with van der Waals surface area (Å²) in [5.41, 5.74) is 2.90. The zero-order chi connectivity index (χ0) is 19.1. The second-order valence-electron chi connectivity index (χ2n) is 8.13. The number of rotatable bonds is 4. The molecule has 3 aliphatic heterocycles. The van der Waals surface area contributed by atoms with Crippen molar-refractivity contribution >= 4 is 16.5 Å². The summed E-state index contributed by atoms with van der Waals surface area (Å²) >= 11 is 1.58. The van der Waals surface area contributed by atoms with Crippen molar-refractivity contribution in [3.8, 4) is 5.75 Å². The first-order valence-electron chi connectivity index (χ1n) is 9.88. The summed E-state index contributed by atoms with van der Waals surface area (Å²) in [6, 6.07) is 5.42. The van der Waals surface area contributed by atoms with Gasteiger partial charge in [-0.05, 0) is 49.9 Å². The molecule has 0 aliphatic carbocycles. The van der Waals surface area contributed by atoms with Crippen molar-refractivity contribution < 1.29 is 13.9 Å². The third kappa shape index (κ3) is 3.27. The first-order valence-corrected chi connectivity index (χ1v) is 10.8. The van der Waals surface area contributed by atoms with Gasteiger partial charge in [-0.15, -0.1) is 10.2 Å². The maximum absolute atomic E-state index is 13.5. The van der Waals surface area contributed by atoms with Crippen LogP contribution in [0.5, 0.6) is 5.75 Å². The molecule has 1 unspecified atom stereocenters. The largest absolute Gasteiger partial charge is 0.496 e. The number of nitrogens with zero attached hydrogens (tertiary/aromatic N) is 4. The van der Waals surface area contributed by atoms with E-state index in [1.165, 1.54) is 6.07 Å². The molecule has 8 heteroatoms. The molecule has 1 spiro atoms. The Labute approximate surface area is 168 Å². The molecule has 150 valence electrons. The van der Waals surface area contributed by atoms with E-state index in [0.717, 1.165) is 62.7 Å². The highest BCUT2D eigenvalue weighted by molar-refractivity contribution is 7.13. The second kappa shape index (κ2) is 7.24. The van der Waals surface area contributed by atoms with Crippen LogP contribution >= 0.6 is 11.3 Å². The molecule has 5 rings (SSSR count). The number of hydrogen-bond acceptors (Lipinski definition) is 7. The summed E-state index contributed by atoms with van der Waals surface area (Å²) in [5, 5.41) is 9.07. The van der Waals surface area contributed by atoms with Gasteiger partial charge in [-0.3, -0.25) is 4.90 Å². The van der Waals surface area contributed by atoms with E-state index in [2.05, 4.69) is 20.0 Å². The quantitative estimate of drug-likeness (QED) is 0.781. The number of halogens is 1. The monoisotopic (exact) mass is 404 g/mol. The van der Waals surface area contributed by atoms with Crippen molar-refractivity contribution in [1.29, 1.82) is 0 Å². The summed E-state index contributed by atoms with van der Waals surface area (Å²) in [6.07, 6.45) is 3.23. The summed E-state index contributed by atoms with van der Waals surface area (Å²) in [6.45, 7) is 4.75. The van der Waals surface area contributed by atoms with Gasteiger partial charge in [0.15, 0.2) is 0 Å². The van der Waals surface area contributed by atoms with E-state index in [-0.39, 0.29) is 11.4 Å². The number of benzene rings is 1. The van der Waals surface area contributed by atoms with Crippen LogP contribution < -0.4 is 9.64 Å². The van der Waals surface area contributed by atoms with Gasteiger partial charge in [0.2, 0.25) is 5.13 Å². The number of anilines is 1. The first kappa shape index (κ1) is 18.3. The smallest absolute Gasteiger partial charge is 0.208 e. The van der Waals surface area contributed by atoms with E-state index >= 15 is 0 Å². The summed E-state index contributed by atoms with van der Waals surface area (Å²) in [5.74, 6) is 0.863. The second-order valence-corrected chi connectivity index (χ2v) is 8.94. The lowest BCUT2D eigenvalue weighted by Gasteiger charge is -2.47. The Hall–Kier alpha value is -1.77. The van der Waals surface area contributed by atoms with Crippen LogP contribution in [0.2, 0.25) is 0 Å². The van der Waals surface area contributed by atoms with Crippen LogP contribution in [0, 0.1) is 5.82 Å². The van der Waals surface area contributed by atoms with Gasteiger partial charge in [0.25, 0.3) is 0 Å². The zero-order valence-corrected chi connectivity index (χ0v) is 16.8. The molecular weight excluding hydrogens is 379 g/mol. The topological polar surface area (TPSA) is 50.7 Å². The van der Waals surface area contributed by atoms with Crippen molar-refractivity contribution in [3.63, 3.8) is 0 Å². The van der Waals surface area contributed by atoms with Crippen LogP contribution in [0.25, 0.3) is 0 Å². The average molecular weight is 405 g/mol. The molecule has 3 saturated heterocycles.